The summed E-state index contributed by atoms with van der Waals surface area (Å²) in [6.45, 7) is 2.23. The maximum atomic E-state index is 10.5. The Morgan fingerprint density at radius 3 is 3.00 bits per heavy atom. The Hall–Kier alpha value is -0.790. The van der Waals surface area contributed by atoms with Crippen LogP contribution < -0.4 is 0 Å². The minimum Gasteiger partial charge on any atom is -0.478 e. The van der Waals surface area contributed by atoms with Crippen LogP contribution in [0.4, 0.5) is 0 Å². The van der Waals surface area contributed by atoms with Gasteiger partial charge in [0.2, 0.25) is 0 Å². The number of allylic oxidation sites excluding steroid dienone is 1. The van der Waals surface area contributed by atoms with E-state index in [9.17, 15) is 4.79 Å². The van der Waals surface area contributed by atoms with Crippen molar-refractivity contribution in [3.05, 3.63) is 11.6 Å². The molecular weight excluding hydrogens is 164 g/mol. The van der Waals surface area contributed by atoms with Crippen LogP contribution in [-0.2, 0) is 4.79 Å². The molecule has 3 unspecified atom stereocenters. The molecule has 2 heteroatoms. The number of carboxylic acid groups (broad SMARTS) is 1. The number of rotatable bonds is 2. The van der Waals surface area contributed by atoms with Crippen LogP contribution in [0.25, 0.3) is 0 Å². The normalized spacial score (nSPS) is 40.1. The molecule has 0 saturated heterocycles. The van der Waals surface area contributed by atoms with Gasteiger partial charge in [-0.1, -0.05) is 18.9 Å². The standard InChI is InChI=1S/C11H16O2/c1-2-7-3-8-5-9(6-11(12)13)10(8)4-7/h6-8,10H,2-5H2,1H3,(H,12,13). The molecule has 2 rings (SSSR count). The largest absolute Gasteiger partial charge is 0.478 e. The van der Waals surface area contributed by atoms with E-state index in [1.807, 2.05) is 0 Å². The molecule has 2 aliphatic carbocycles. The Labute approximate surface area is 78.6 Å². The third kappa shape index (κ3) is 1.50. The van der Waals surface area contributed by atoms with Gasteiger partial charge >= 0.3 is 5.97 Å². The summed E-state index contributed by atoms with van der Waals surface area (Å²) in [5.41, 5.74) is 1.19. The second-order valence-corrected chi connectivity index (χ2v) is 4.37. The van der Waals surface area contributed by atoms with Gasteiger partial charge in [0.05, 0.1) is 0 Å². The fourth-order valence-electron chi connectivity index (χ4n) is 2.87. The predicted molar refractivity (Wildman–Crippen MR) is 50.3 cm³/mol. The molecule has 72 valence electrons. The van der Waals surface area contributed by atoms with Crippen LogP contribution in [0.1, 0.15) is 32.6 Å². The van der Waals surface area contributed by atoms with E-state index in [1.165, 1.54) is 30.9 Å². The van der Waals surface area contributed by atoms with E-state index in [0.717, 1.165) is 18.3 Å². The SMILES string of the molecule is CCC1CC2CC(=CC(=O)O)C2C1. The highest BCUT2D eigenvalue weighted by atomic mass is 16.4. The topological polar surface area (TPSA) is 37.3 Å². The number of hydrogen-bond acceptors (Lipinski definition) is 1. The summed E-state index contributed by atoms with van der Waals surface area (Å²) in [5, 5.41) is 8.62. The van der Waals surface area contributed by atoms with Crippen molar-refractivity contribution in [3.8, 4) is 0 Å². The zero-order valence-corrected chi connectivity index (χ0v) is 7.99. The third-order valence-electron chi connectivity index (χ3n) is 3.65. The first-order chi connectivity index (χ1) is 6.20. The summed E-state index contributed by atoms with van der Waals surface area (Å²) in [5.74, 6) is 1.53. The fraction of sp³-hybridized carbons (Fsp3) is 0.727. The van der Waals surface area contributed by atoms with Gasteiger partial charge in [-0.15, -0.1) is 0 Å². The average molecular weight is 180 g/mol. The second kappa shape index (κ2) is 3.17. The van der Waals surface area contributed by atoms with Gasteiger partial charge < -0.3 is 5.11 Å². The summed E-state index contributed by atoms with van der Waals surface area (Å²) in [6, 6.07) is 0. The molecule has 2 fully saturated rings. The van der Waals surface area contributed by atoms with Gasteiger partial charge in [0.15, 0.2) is 0 Å². The van der Waals surface area contributed by atoms with Crippen molar-refractivity contribution >= 4 is 5.97 Å². The lowest BCUT2D eigenvalue weighted by molar-refractivity contribution is -0.131. The number of hydrogen-bond donors (Lipinski definition) is 1. The van der Waals surface area contributed by atoms with Crippen LogP contribution in [-0.4, -0.2) is 11.1 Å². The molecule has 2 nitrogen and oxygen atoms in total. The number of aliphatic carboxylic acids is 1. The average Bonchev–Trinajstić information content (AvgIpc) is 2.38. The lowest BCUT2D eigenvalue weighted by Gasteiger charge is -2.33. The van der Waals surface area contributed by atoms with Gasteiger partial charge in [-0.3, -0.25) is 0 Å². The van der Waals surface area contributed by atoms with Crippen LogP contribution in [0.15, 0.2) is 11.6 Å². The Morgan fingerprint density at radius 2 is 2.38 bits per heavy atom. The number of carboxylic acids is 1. The number of fused-ring (bicyclic) bond motifs is 1. The minimum atomic E-state index is -0.770. The van der Waals surface area contributed by atoms with E-state index >= 15 is 0 Å². The molecule has 0 aliphatic heterocycles. The van der Waals surface area contributed by atoms with Crippen molar-refractivity contribution in [1.82, 2.24) is 0 Å². The molecule has 0 amide bonds. The third-order valence-corrected chi connectivity index (χ3v) is 3.65. The zero-order chi connectivity index (χ0) is 9.42. The monoisotopic (exact) mass is 180 g/mol. The summed E-state index contributed by atoms with van der Waals surface area (Å²) in [7, 11) is 0. The summed E-state index contributed by atoms with van der Waals surface area (Å²) >= 11 is 0. The molecule has 2 saturated carbocycles. The minimum absolute atomic E-state index is 0.626. The summed E-state index contributed by atoms with van der Waals surface area (Å²) in [6.07, 6.45) is 6.30. The van der Waals surface area contributed by atoms with E-state index in [0.29, 0.717) is 5.92 Å². The maximum absolute atomic E-state index is 10.5. The van der Waals surface area contributed by atoms with Crippen LogP contribution in [0.3, 0.4) is 0 Å². The van der Waals surface area contributed by atoms with E-state index in [4.69, 9.17) is 5.11 Å². The Balaban J connectivity index is 1.99. The highest BCUT2D eigenvalue weighted by Gasteiger charge is 2.43. The van der Waals surface area contributed by atoms with E-state index in [2.05, 4.69) is 6.92 Å². The van der Waals surface area contributed by atoms with Gasteiger partial charge in [-0.2, -0.15) is 0 Å². The Morgan fingerprint density at radius 1 is 1.62 bits per heavy atom. The van der Waals surface area contributed by atoms with E-state index in [-0.39, 0.29) is 0 Å². The Bertz CT molecular complexity index is 255. The maximum Gasteiger partial charge on any atom is 0.328 e. The van der Waals surface area contributed by atoms with Crippen molar-refractivity contribution in [1.29, 1.82) is 0 Å². The van der Waals surface area contributed by atoms with E-state index < -0.39 is 5.97 Å². The van der Waals surface area contributed by atoms with Crippen molar-refractivity contribution in [2.75, 3.05) is 0 Å². The first-order valence-corrected chi connectivity index (χ1v) is 5.14. The first-order valence-electron chi connectivity index (χ1n) is 5.14. The summed E-state index contributed by atoms with van der Waals surface area (Å²) in [4.78, 5) is 10.5. The molecule has 0 aromatic carbocycles. The second-order valence-electron chi connectivity index (χ2n) is 4.37. The van der Waals surface area contributed by atoms with Crippen LogP contribution in [0, 0.1) is 17.8 Å². The molecule has 2 aliphatic rings. The molecule has 0 bridgehead atoms. The van der Waals surface area contributed by atoms with Crippen molar-refractivity contribution < 1.29 is 9.90 Å². The van der Waals surface area contributed by atoms with Gasteiger partial charge in [-0.25, -0.2) is 4.79 Å². The van der Waals surface area contributed by atoms with Crippen LogP contribution >= 0.6 is 0 Å². The molecule has 3 atom stereocenters. The number of carbonyl (C=O) groups is 1. The highest BCUT2D eigenvalue weighted by molar-refractivity contribution is 5.81. The molecule has 0 aromatic heterocycles. The van der Waals surface area contributed by atoms with Gasteiger partial charge in [0, 0.05) is 6.08 Å². The molecule has 0 spiro atoms. The first kappa shape index (κ1) is 8.79. The van der Waals surface area contributed by atoms with Gasteiger partial charge in [0.25, 0.3) is 0 Å². The van der Waals surface area contributed by atoms with Gasteiger partial charge in [0.1, 0.15) is 0 Å². The molecular formula is C11H16O2. The smallest absolute Gasteiger partial charge is 0.328 e. The molecule has 13 heavy (non-hydrogen) atoms. The van der Waals surface area contributed by atoms with Crippen molar-refractivity contribution in [2.24, 2.45) is 17.8 Å². The fourth-order valence-corrected chi connectivity index (χ4v) is 2.87. The molecule has 0 radical (unpaired) electrons. The lowest BCUT2D eigenvalue weighted by atomic mass is 9.71. The predicted octanol–water partition coefficient (Wildman–Crippen LogP) is 2.45. The van der Waals surface area contributed by atoms with Gasteiger partial charge in [-0.05, 0) is 37.0 Å². The molecule has 0 aromatic rings. The Kier molecular flexibility index (Phi) is 2.14. The molecule has 0 heterocycles. The zero-order valence-electron chi connectivity index (χ0n) is 7.99. The van der Waals surface area contributed by atoms with Crippen molar-refractivity contribution in [3.63, 3.8) is 0 Å². The molecule has 1 N–H and O–H groups in total. The van der Waals surface area contributed by atoms with E-state index in [1.54, 1.807) is 0 Å². The lowest BCUT2D eigenvalue weighted by Crippen LogP contribution is -2.24. The summed E-state index contributed by atoms with van der Waals surface area (Å²) < 4.78 is 0. The quantitative estimate of drug-likeness (QED) is 0.663. The van der Waals surface area contributed by atoms with Crippen LogP contribution in [0.2, 0.25) is 0 Å². The highest BCUT2D eigenvalue weighted by Crippen LogP contribution is 2.53. The van der Waals surface area contributed by atoms with Crippen LogP contribution in [0.5, 0.6) is 0 Å². The van der Waals surface area contributed by atoms with Crippen molar-refractivity contribution in [2.45, 2.75) is 32.6 Å².